The Balaban J connectivity index is 1.65. The summed E-state index contributed by atoms with van der Waals surface area (Å²) in [6.07, 6.45) is 4.43. The number of thioether (sulfide) groups is 1. The van der Waals surface area contributed by atoms with Crippen LogP contribution in [-0.4, -0.2) is 53.5 Å². The maximum atomic E-state index is 13.5. The molecule has 0 spiro atoms. The van der Waals surface area contributed by atoms with Gasteiger partial charge in [0.1, 0.15) is 21.8 Å². The Labute approximate surface area is 232 Å². The molecule has 200 valence electrons. The highest BCUT2D eigenvalue weighted by Gasteiger charge is 2.33. The molecule has 2 aromatic rings. The average molecular weight is 553 g/mol. The number of carbonyl (C=O) groups is 1. The second-order valence-corrected chi connectivity index (χ2v) is 11.3. The number of nitriles is 1. The lowest BCUT2D eigenvalue weighted by Gasteiger charge is -2.34. The summed E-state index contributed by atoms with van der Waals surface area (Å²) in [5.74, 6) is 2.47. The zero-order valence-electron chi connectivity index (χ0n) is 22.4. The largest absolute Gasteiger partial charge is 0.493 e. The van der Waals surface area contributed by atoms with Gasteiger partial charge in [0.15, 0.2) is 11.5 Å². The van der Waals surface area contributed by atoms with E-state index in [4.69, 9.17) is 21.7 Å². The fourth-order valence-corrected chi connectivity index (χ4v) is 6.21. The predicted octanol–water partition coefficient (Wildman–Crippen LogP) is 4.26. The van der Waals surface area contributed by atoms with Gasteiger partial charge in [-0.3, -0.25) is 19.1 Å². The number of benzene rings is 1. The quantitative estimate of drug-likeness (QED) is 0.372. The summed E-state index contributed by atoms with van der Waals surface area (Å²) in [6.45, 7) is 6.05. The van der Waals surface area contributed by atoms with Crippen molar-refractivity contribution in [2.45, 2.75) is 33.1 Å². The lowest BCUT2D eigenvalue weighted by Crippen LogP contribution is -2.38. The van der Waals surface area contributed by atoms with Crippen LogP contribution in [0.15, 0.2) is 27.9 Å². The van der Waals surface area contributed by atoms with Crippen LogP contribution >= 0.6 is 24.0 Å². The molecule has 3 heterocycles. The number of anilines is 1. The number of methoxy groups -OCH3 is 2. The van der Waals surface area contributed by atoms with E-state index in [2.05, 4.69) is 17.9 Å². The van der Waals surface area contributed by atoms with Crippen LogP contribution in [0.3, 0.4) is 0 Å². The first-order valence-electron chi connectivity index (χ1n) is 12.5. The van der Waals surface area contributed by atoms with Gasteiger partial charge in [-0.15, -0.1) is 0 Å². The monoisotopic (exact) mass is 552 g/mol. The van der Waals surface area contributed by atoms with E-state index >= 15 is 0 Å². The van der Waals surface area contributed by atoms with Gasteiger partial charge in [-0.05, 0) is 61.4 Å². The van der Waals surface area contributed by atoms with Crippen molar-refractivity contribution in [1.82, 2.24) is 9.47 Å². The molecule has 38 heavy (non-hydrogen) atoms. The number of thiocarbonyl (C=S) groups is 1. The number of piperidine rings is 1. The molecule has 10 heteroatoms. The van der Waals surface area contributed by atoms with Gasteiger partial charge < -0.3 is 14.4 Å². The molecular formula is C28H32N4O4S2. The maximum Gasteiger partial charge on any atom is 0.270 e. The molecule has 2 aliphatic heterocycles. The number of rotatable bonds is 7. The number of nitrogens with zero attached hydrogens (tertiary/aromatic N) is 4. The van der Waals surface area contributed by atoms with Gasteiger partial charge in [0.05, 0.1) is 19.1 Å². The Morgan fingerprint density at radius 3 is 2.50 bits per heavy atom. The molecule has 1 aromatic heterocycles. The van der Waals surface area contributed by atoms with Crippen molar-refractivity contribution in [1.29, 1.82) is 5.26 Å². The minimum atomic E-state index is -0.321. The van der Waals surface area contributed by atoms with E-state index in [9.17, 15) is 14.9 Å². The molecule has 0 radical (unpaired) electrons. The van der Waals surface area contributed by atoms with Crippen molar-refractivity contribution >= 4 is 46.1 Å². The third-order valence-electron chi connectivity index (χ3n) is 7.27. The number of carbonyl (C=O) groups excluding carboxylic acids is 1. The van der Waals surface area contributed by atoms with Crippen molar-refractivity contribution in [3.8, 4) is 17.6 Å². The Morgan fingerprint density at radius 1 is 1.18 bits per heavy atom. The zero-order chi connectivity index (χ0) is 27.6. The predicted molar refractivity (Wildman–Crippen MR) is 155 cm³/mol. The number of amides is 1. The van der Waals surface area contributed by atoms with Crippen molar-refractivity contribution in [2.75, 3.05) is 38.8 Å². The average Bonchev–Trinajstić information content (AvgIpc) is 3.18. The lowest BCUT2D eigenvalue weighted by atomic mass is 9.97. The molecule has 2 saturated heterocycles. The molecule has 0 aliphatic carbocycles. The molecule has 2 aliphatic rings. The highest BCUT2D eigenvalue weighted by atomic mass is 32.2. The van der Waals surface area contributed by atoms with Crippen molar-refractivity contribution in [3.05, 3.63) is 55.7 Å². The van der Waals surface area contributed by atoms with Crippen LogP contribution in [0.5, 0.6) is 11.5 Å². The van der Waals surface area contributed by atoms with Gasteiger partial charge in [-0.25, -0.2) is 0 Å². The summed E-state index contributed by atoms with van der Waals surface area (Å²) in [5.41, 5.74) is 2.07. The number of aromatic nitrogens is 1. The van der Waals surface area contributed by atoms with Gasteiger partial charge in [-0.2, -0.15) is 5.26 Å². The van der Waals surface area contributed by atoms with E-state index < -0.39 is 0 Å². The molecule has 2 fully saturated rings. The number of pyridine rings is 1. The third kappa shape index (κ3) is 5.31. The highest BCUT2D eigenvalue weighted by Crippen LogP contribution is 2.37. The first-order chi connectivity index (χ1) is 18.2. The van der Waals surface area contributed by atoms with E-state index in [1.807, 2.05) is 18.2 Å². The second-order valence-electron chi connectivity index (χ2n) is 9.66. The fourth-order valence-electron chi connectivity index (χ4n) is 4.92. The highest BCUT2D eigenvalue weighted by molar-refractivity contribution is 8.26. The molecule has 1 amide bonds. The van der Waals surface area contributed by atoms with Crippen molar-refractivity contribution in [3.63, 3.8) is 0 Å². The molecule has 0 saturated carbocycles. The summed E-state index contributed by atoms with van der Waals surface area (Å²) >= 11 is 6.83. The number of hydrogen-bond donors (Lipinski definition) is 0. The van der Waals surface area contributed by atoms with Crippen molar-refractivity contribution < 1.29 is 14.3 Å². The van der Waals surface area contributed by atoms with E-state index in [0.717, 1.165) is 42.9 Å². The zero-order valence-corrected chi connectivity index (χ0v) is 24.0. The summed E-state index contributed by atoms with van der Waals surface area (Å²) in [6, 6.07) is 7.75. The Bertz CT molecular complexity index is 1400. The Morgan fingerprint density at radius 2 is 1.87 bits per heavy atom. The summed E-state index contributed by atoms with van der Waals surface area (Å²) in [7, 11) is 4.88. The lowest BCUT2D eigenvalue weighted by molar-refractivity contribution is -0.122. The van der Waals surface area contributed by atoms with Gasteiger partial charge in [0, 0.05) is 32.2 Å². The topological polar surface area (TPSA) is 87.8 Å². The Hall–Kier alpha value is -3.29. The van der Waals surface area contributed by atoms with Crippen LogP contribution in [0.2, 0.25) is 0 Å². The molecule has 1 aromatic carbocycles. The molecule has 4 rings (SSSR count). The summed E-state index contributed by atoms with van der Waals surface area (Å²) in [4.78, 5) is 30.7. The van der Waals surface area contributed by atoms with Gasteiger partial charge in [0.2, 0.25) is 0 Å². The summed E-state index contributed by atoms with van der Waals surface area (Å²) in [5, 5.41) is 9.71. The molecule has 0 unspecified atom stereocenters. The van der Waals surface area contributed by atoms with Crippen LogP contribution < -0.4 is 19.9 Å². The van der Waals surface area contributed by atoms with E-state index in [0.29, 0.717) is 45.2 Å². The minimum absolute atomic E-state index is 0.0943. The van der Waals surface area contributed by atoms with Gasteiger partial charge in [0.25, 0.3) is 11.5 Å². The SMILES string of the molecule is COc1ccc(CCN2C(=O)C(=Cc3c(C)c(C#N)c(=O)n(C)c3N3CCC(C)CC3)SC2=S)cc1OC. The van der Waals surface area contributed by atoms with Gasteiger partial charge in [-0.1, -0.05) is 37.0 Å². The fraction of sp³-hybridized carbons (Fsp3) is 0.429. The van der Waals surface area contributed by atoms with E-state index in [1.54, 1.807) is 43.7 Å². The molecule has 0 bridgehead atoms. The smallest absolute Gasteiger partial charge is 0.270 e. The normalized spacial score (nSPS) is 17.3. The molecule has 0 N–H and O–H groups in total. The summed E-state index contributed by atoms with van der Waals surface area (Å²) < 4.78 is 12.7. The van der Waals surface area contributed by atoms with Crippen LogP contribution in [-0.2, 0) is 18.3 Å². The van der Waals surface area contributed by atoms with E-state index in [1.165, 1.54) is 11.8 Å². The minimum Gasteiger partial charge on any atom is -0.493 e. The van der Waals surface area contributed by atoms with Crippen LogP contribution in [0, 0.1) is 24.2 Å². The van der Waals surface area contributed by atoms with Crippen molar-refractivity contribution in [2.24, 2.45) is 13.0 Å². The number of ether oxygens (including phenoxy) is 2. The first-order valence-corrected chi connectivity index (χ1v) is 13.8. The standard InChI is InChI=1S/C28H32N4O4S2/c1-17-8-11-31(12-9-17)25-20(18(2)21(16-29)26(33)30(25)3)15-24-27(34)32(28(37)38-24)13-10-19-6-7-22(35-4)23(14-19)36-5/h6-7,14-15,17H,8-13H2,1-5H3. The first kappa shape index (κ1) is 27.7. The van der Waals surface area contributed by atoms with E-state index in [-0.39, 0.29) is 17.0 Å². The number of hydrogen-bond acceptors (Lipinski definition) is 8. The maximum absolute atomic E-state index is 13.5. The third-order valence-corrected chi connectivity index (χ3v) is 8.65. The Kier molecular flexibility index (Phi) is 8.48. The van der Waals surface area contributed by atoms with Gasteiger partial charge >= 0.3 is 0 Å². The molecule has 0 atom stereocenters. The molecular weight excluding hydrogens is 520 g/mol. The van der Waals surface area contributed by atoms with Crippen LogP contribution in [0.25, 0.3) is 6.08 Å². The molecule has 8 nitrogen and oxygen atoms in total. The second kappa shape index (κ2) is 11.6. The van der Waals surface area contributed by atoms with Crippen LogP contribution in [0.1, 0.15) is 42.0 Å². The van der Waals surface area contributed by atoms with Crippen LogP contribution in [0.4, 0.5) is 5.82 Å².